The van der Waals surface area contributed by atoms with Crippen LogP contribution in [0.2, 0.25) is 0 Å². The summed E-state index contributed by atoms with van der Waals surface area (Å²) in [7, 11) is 0. The van der Waals surface area contributed by atoms with E-state index in [4.69, 9.17) is 0 Å². The van der Waals surface area contributed by atoms with Gasteiger partial charge in [0, 0.05) is 17.1 Å². The molecule has 0 bridgehead atoms. The highest BCUT2D eigenvalue weighted by Crippen LogP contribution is 2.18. The van der Waals surface area contributed by atoms with Crippen molar-refractivity contribution in [2.75, 3.05) is 5.32 Å². The smallest absolute Gasteiger partial charge is 0.0651 e. The van der Waals surface area contributed by atoms with Crippen LogP contribution in [0.3, 0.4) is 0 Å². The highest BCUT2D eigenvalue weighted by Gasteiger charge is 2.04. The molecule has 2 N–H and O–H groups in total. The summed E-state index contributed by atoms with van der Waals surface area (Å²) in [5.74, 6) is 0.774. The number of aromatic nitrogens is 2. The molecule has 2 rings (SSSR count). The molecule has 1 heterocycles. The lowest BCUT2D eigenvalue weighted by molar-refractivity contribution is 0.528. The Hall–Kier alpha value is -1.51. The summed E-state index contributed by atoms with van der Waals surface area (Å²) >= 11 is 0. The number of hydrogen-bond donors (Lipinski definition) is 2. The van der Waals surface area contributed by atoms with Crippen LogP contribution in [0.4, 0.5) is 5.69 Å². The predicted octanol–water partition coefficient (Wildman–Crippen LogP) is 3.80. The minimum Gasteiger partial charge on any atom is -0.383 e. The Morgan fingerprint density at radius 3 is 2.82 bits per heavy atom. The first kappa shape index (κ1) is 12.0. The topological polar surface area (TPSA) is 40.7 Å². The van der Waals surface area contributed by atoms with Crippen molar-refractivity contribution in [2.24, 2.45) is 5.92 Å². The fraction of sp³-hybridized carbons (Fsp3) is 0.500. The first-order chi connectivity index (χ1) is 8.15. The first-order valence-electron chi connectivity index (χ1n) is 6.35. The number of hydrogen-bond acceptors (Lipinski definition) is 2. The van der Waals surface area contributed by atoms with E-state index in [2.05, 4.69) is 54.5 Å². The zero-order chi connectivity index (χ0) is 12.3. The van der Waals surface area contributed by atoms with Gasteiger partial charge in [-0.3, -0.25) is 5.10 Å². The molecule has 1 aromatic carbocycles. The summed E-state index contributed by atoms with van der Waals surface area (Å²) in [4.78, 5) is 0. The zero-order valence-electron chi connectivity index (χ0n) is 10.8. The number of benzene rings is 1. The first-order valence-corrected chi connectivity index (χ1v) is 6.35. The van der Waals surface area contributed by atoms with E-state index in [-0.39, 0.29) is 0 Å². The summed E-state index contributed by atoms with van der Waals surface area (Å²) < 4.78 is 0. The summed E-state index contributed by atoms with van der Waals surface area (Å²) in [5.41, 5.74) is 2.26. The third-order valence-electron chi connectivity index (χ3n) is 3.03. The van der Waals surface area contributed by atoms with E-state index in [0.717, 1.165) is 16.8 Å². The van der Waals surface area contributed by atoms with E-state index >= 15 is 0 Å². The van der Waals surface area contributed by atoms with Crippen LogP contribution in [-0.2, 0) is 0 Å². The molecule has 0 aliphatic carbocycles. The Morgan fingerprint density at radius 1 is 1.24 bits per heavy atom. The Labute approximate surface area is 103 Å². The lowest BCUT2D eigenvalue weighted by Crippen LogP contribution is -2.15. The van der Waals surface area contributed by atoms with Crippen LogP contribution >= 0.6 is 0 Å². The van der Waals surface area contributed by atoms with Crippen molar-refractivity contribution in [3.63, 3.8) is 0 Å². The standard InChI is InChI=1S/C14H21N3/c1-10(2)4-5-11(3)16-13-6-7-14-12(8-13)9-15-17-14/h6-11,16H,4-5H2,1-3H3,(H,15,17). The molecule has 0 saturated carbocycles. The molecule has 0 aliphatic heterocycles. The number of rotatable bonds is 5. The molecule has 3 heteroatoms. The molecular formula is C14H21N3. The van der Waals surface area contributed by atoms with E-state index in [1.807, 2.05) is 6.20 Å². The quantitative estimate of drug-likeness (QED) is 0.821. The van der Waals surface area contributed by atoms with Crippen molar-refractivity contribution in [2.45, 2.75) is 39.7 Å². The summed E-state index contributed by atoms with van der Waals surface area (Å²) in [6.07, 6.45) is 4.34. The summed E-state index contributed by atoms with van der Waals surface area (Å²) in [5, 5.41) is 11.7. The number of nitrogens with zero attached hydrogens (tertiary/aromatic N) is 1. The van der Waals surface area contributed by atoms with Gasteiger partial charge in [0.2, 0.25) is 0 Å². The Kier molecular flexibility index (Phi) is 3.67. The van der Waals surface area contributed by atoms with E-state index in [0.29, 0.717) is 6.04 Å². The van der Waals surface area contributed by atoms with Crippen molar-refractivity contribution in [1.29, 1.82) is 0 Å². The Bertz CT molecular complexity index is 473. The van der Waals surface area contributed by atoms with Gasteiger partial charge in [-0.1, -0.05) is 13.8 Å². The molecule has 0 saturated heterocycles. The maximum absolute atomic E-state index is 4.03. The van der Waals surface area contributed by atoms with Gasteiger partial charge in [-0.25, -0.2) is 0 Å². The van der Waals surface area contributed by atoms with E-state index in [9.17, 15) is 0 Å². The van der Waals surface area contributed by atoms with Crippen LogP contribution in [0.15, 0.2) is 24.4 Å². The van der Waals surface area contributed by atoms with Gasteiger partial charge in [0.15, 0.2) is 0 Å². The monoisotopic (exact) mass is 231 g/mol. The molecule has 0 radical (unpaired) electrons. The second-order valence-electron chi connectivity index (χ2n) is 5.19. The number of aromatic amines is 1. The van der Waals surface area contributed by atoms with Crippen molar-refractivity contribution in [3.8, 4) is 0 Å². The van der Waals surface area contributed by atoms with Gasteiger partial charge in [0.05, 0.1) is 11.7 Å². The van der Waals surface area contributed by atoms with Gasteiger partial charge in [0.25, 0.3) is 0 Å². The Morgan fingerprint density at radius 2 is 2.06 bits per heavy atom. The molecule has 0 fully saturated rings. The zero-order valence-corrected chi connectivity index (χ0v) is 10.8. The van der Waals surface area contributed by atoms with Crippen molar-refractivity contribution < 1.29 is 0 Å². The Balaban J connectivity index is 1.97. The number of anilines is 1. The van der Waals surface area contributed by atoms with Crippen LogP contribution in [0.25, 0.3) is 10.9 Å². The molecule has 0 amide bonds. The predicted molar refractivity (Wildman–Crippen MR) is 73.3 cm³/mol. The van der Waals surface area contributed by atoms with E-state index in [1.165, 1.54) is 18.5 Å². The second kappa shape index (κ2) is 5.21. The molecule has 92 valence electrons. The normalized spacial score (nSPS) is 13.2. The van der Waals surface area contributed by atoms with Crippen molar-refractivity contribution >= 4 is 16.6 Å². The highest BCUT2D eigenvalue weighted by atomic mass is 15.1. The maximum Gasteiger partial charge on any atom is 0.0651 e. The molecule has 1 atom stereocenters. The molecular weight excluding hydrogens is 210 g/mol. The summed E-state index contributed by atoms with van der Waals surface area (Å²) in [6.45, 7) is 6.77. The van der Waals surface area contributed by atoms with Crippen LogP contribution in [0, 0.1) is 5.92 Å². The average Bonchev–Trinajstić information content (AvgIpc) is 2.73. The van der Waals surface area contributed by atoms with E-state index < -0.39 is 0 Å². The number of fused-ring (bicyclic) bond motifs is 1. The molecule has 1 aromatic heterocycles. The van der Waals surface area contributed by atoms with Crippen molar-refractivity contribution in [3.05, 3.63) is 24.4 Å². The van der Waals surface area contributed by atoms with Gasteiger partial charge in [-0.15, -0.1) is 0 Å². The van der Waals surface area contributed by atoms with Gasteiger partial charge < -0.3 is 5.32 Å². The number of nitrogens with one attached hydrogen (secondary N) is 2. The fourth-order valence-electron chi connectivity index (χ4n) is 1.97. The lowest BCUT2D eigenvalue weighted by Gasteiger charge is -2.16. The lowest BCUT2D eigenvalue weighted by atomic mass is 10.0. The third-order valence-corrected chi connectivity index (χ3v) is 3.03. The van der Waals surface area contributed by atoms with Crippen molar-refractivity contribution in [1.82, 2.24) is 10.2 Å². The molecule has 17 heavy (non-hydrogen) atoms. The van der Waals surface area contributed by atoms with Gasteiger partial charge in [0.1, 0.15) is 0 Å². The molecule has 0 spiro atoms. The fourth-order valence-corrected chi connectivity index (χ4v) is 1.97. The molecule has 2 aromatic rings. The third kappa shape index (κ3) is 3.22. The minimum absolute atomic E-state index is 0.516. The van der Waals surface area contributed by atoms with Gasteiger partial charge in [-0.2, -0.15) is 5.10 Å². The SMILES string of the molecule is CC(C)CCC(C)Nc1ccc2[nH]ncc2c1. The molecule has 1 unspecified atom stereocenters. The van der Waals surface area contributed by atoms with Crippen LogP contribution in [0.1, 0.15) is 33.6 Å². The molecule has 3 nitrogen and oxygen atoms in total. The van der Waals surface area contributed by atoms with Crippen LogP contribution < -0.4 is 5.32 Å². The highest BCUT2D eigenvalue weighted by molar-refractivity contribution is 5.81. The summed E-state index contributed by atoms with van der Waals surface area (Å²) in [6, 6.07) is 6.83. The van der Waals surface area contributed by atoms with E-state index in [1.54, 1.807) is 0 Å². The molecule has 0 aliphatic rings. The van der Waals surface area contributed by atoms with Crippen LogP contribution in [-0.4, -0.2) is 16.2 Å². The van der Waals surface area contributed by atoms with Crippen LogP contribution in [0.5, 0.6) is 0 Å². The van der Waals surface area contributed by atoms with Gasteiger partial charge >= 0.3 is 0 Å². The number of H-pyrrole nitrogens is 1. The minimum atomic E-state index is 0.516. The maximum atomic E-state index is 4.03. The largest absolute Gasteiger partial charge is 0.383 e. The average molecular weight is 231 g/mol. The van der Waals surface area contributed by atoms with Gasteiger partial charge in [-0.05, 0) is 43.9 Å². The second-order valence-corrected chi connectivity index (χ2v) is 5.19.